The van der Waals surface area contributed by atoms with Crippen LogP contribution in [0.25, 0.3) is 22.3 Å². The van der Waals surface area contributed by atoms with E-state index < -0.39 is 0 Å². The van der Waals surface area contributed by atoms with Crippen LogP contribution in [0.1, 0.15) is 0 Å². The summed E-state index contributed by atoms with van der Waals surface area (Å²) in [5.41, 5.74) is 53.6. The minimum Gasteiger partial charge on any atom is -0.397 e. The highest BCUT2D eigenvalue weighted by atomic mass is 14.8. The number of rotatable bonds is 2. The van der Waals surface area contributed by atoms with E-state index in [2.05, 4.69) is 0 Å². The summed E-state index contributed by atoms with van der Waals surface area (Å²) in [5, 5.41) is 0. The number of anilines is 8. The molecule has 0 aliphatic heterocycles. The minimum absolute atomic E-state index is 0.345. The number of hydrogen-bond donors (Lipinski definition) is 8. The van der Waals surface area contributed by atoms with E-state index in [-0.39, 0.29) is 0 Å². The van der Waals surface area contributed by atoms with Crippen molar-refractivity contribution < 1.29 is 0 Å². The number of nitrogens with two attached hydrogens (primary N) is 8. The summed E-state index contributed by atoms with van der Waals surface area (Å²) in [4.78, 5) is 0. The second-order valence-corrected chi connectivity index (χ2v) is 7.31. The normalized spacial score (nSPS) is 10.2. The van der Waals surface area contributed by atoms with Gasteiger partial charge >= 0.3 is 0 Å². The van der Waals surface area contributed by atoms with Crippen LogP contribution in [0.15, 0.2) is 72.8 Å². The van der Waals surface area contributed by atoms with E-state index in [4.69, 9.17) is 45.9 Å². The van der Waals surface area contributed by atoms with Gasteiger partial charge in [-0.25, -0.2) is 0 Å². The number of nitrogen functional groups attached to an aromatic ring is 8. The molecule has 4 aromatic carbocycles. The van der Waals surface area contributed by atoms with Gasteiger partial charge in [-0.1, -0.05) is 42.5 Å². The molecular weight excluding hydrogens is 400 g/mol. The highest BCUT2D eigenvalue weighted by Crippen LogP contribution is 2.37. The first-order chi connectivity index (χ1) is 15.2. The Kier molecular flexibility index (Phi) is 6.16. The van der Waals surface area contributed by atoms with Gasteiger partial charge in [0.05, 0.1) is 45.5 Å². The van der Waals surface area contributed by atoms with E-state index in [9.17, 15) is 0 Å². The van der Waals surface area contributed by atoms with Gasteiger partial charge in [0, 0.05) is 5.56 Å². The third-order valence-corrected chi connectivity index (χ3v) is 5.07. The largest absolute Gasteiger partial charge is 0.397 e. The summed E-state index contributed by atoms with van der Waals surface area (Å²) >= 11 is 0. The summed E-state index contributed by atoms with van der Waals surface area (Å²) in [6, 6.07) is 22.4. The number of hydrogen-bond acceptors (Lipinski definition) is 8. The Labute approximate surface area is 186 Å². The molecule has 0 aliphatic rings. The molecule has 0 aromatic heterocycles. The Hall–Kier alpha value is -4.72. The molecule has 8 heteroatoms. The smallest absolute Gasteiger partial charge is 0.0809 e. The van der Waals surface area contributed by atoms with Gasteiger partial charge in [0.15, 0.2) is 0 Å². The zero-order chi connectivity index (χ0) is 23.4. The van der Waals surface area contributed by atoms with Crippen LogP contribution in [-0.2, 0) is 0 Å². The van der Waals surface area contributed by atoms with Crippen molar-refractivity contribution in [1.29, 1.82) is 0 Å². The van der Waals surface area contributed by atoms with Crippen LogP contribution in [0.3, 0.4) is 0 Å². The zero-order valence-electron chi connectivity index (χ0n) is 17.5. The van der Waals surface area contributed by atoms with E-state index in [0.717, 1.165) is 22.3 Å². The Balaban J connectivity index is 0.000000181. The maximum absolute atomic E-state index is 5.92. The fourth-order valence-corrected chi connectivity index (χ4v) is 3.12. The maximum Gasteiger partial charge on any atom is 0.0809 e. The fraction of sp³-hybridized carbons (Fsp3) is 0. The molecule has 16 N–H and O–H groups in total. The van der Waals surface area contributed by atoms with Crippen LogP contribution in [-0.4, -0.2) is 0 Å². The molecule has 0 atom stereocenters. The van der Waals surface area contributed by atoms with Crippen molar-refractivity contribution in [2.24, 2.45) is 0 Å². The van der Waals surface area contributed by atoms with E-state index in [1.54, 1.807) is 18.2 Å². The second kappa shape index (κ2) is 8.97. The zero-order valence-corrected chi connectivity index (χ0v) is 17.5. The summed E-state index contributed by atoms with van der Waals surface area (Å²) in [6.45, 7) is 0. The topological polar surface area (TPSA) is 208 Å². The summed E-state index contributed by atoms with van der Waals surface area (Å²) in [6.07, 6.45) is 0. The molecule has 0 unspecified atom stereocenters. The van der Waals surface area contributed by atoms with Gasteiger partial charge < -0.3 is 45.9 Å². The van der Waals surface area contributed by atoms with Crippen LogP contribution >= 0.6 is 0 Å². The molecule has 0 heterocycles. The van der Waals surface area contributed by atoms with Crippen molar-refractivity contribution in [3.05, 3.63) is 72.8 Å². The highest BCUT2D eigenvalue weighted by molar-refractivity contribution is 5.96. The van der Waals surface area contributed by atoms with Gasteiger partial charge in [-0.3, -0.25) is 0 Å². The second-order valence-electron chi connectivity index (χ2n) is 7.31. The average Bonchev–Trinajstić information content (AvgIpc) is 2.79. The number of benzene rings is 4. The summed E-state index contributed by atoms with van der Waals surface area (Å²) in [5.74, 6) is 0. The molecule has 8 nitrogen and oxygen atoms in total. The molecule has 164 valence electrons. The lowest BCUT2D eigenvalue weighted by atomic mass is 10.0. The molecule has 0 amide bonds. The lowest BCUT2D eigenvalue weighted by Crippen LogP contribution is -2.05. The van der Waals surface area contributed by atoms with E-state index in [0.29, 0.717) is 45.5 Å². The van der Waals surface area contributed by atoms with Gasteiger partial charge in [-0.2, -0.15) is 0 Å². The molecule has 0 radical (unpaired) electrons. The van der Waals surface area contributed by atoms with Gasteiger partial charge in [0.1, 0.15) is 0 Å². The van der Waals surface area contributed by atoms with Crippen molar-refractivity contribution >= 4 is 45.5 Å². The molecule has 0 bridgehead atoms. The Morgan fingerprint density at radius 1 is 0.344 bits per heavy atom. The predicted molar refractivity (Wildman–Crippen MR) is 139 cm³/mol. The Bertz CT molecular complexity index is 1200. The fourth-order valence-electron chi connectivity index (χ4n) is 3.12. The predicted octanol–water partition coefficient (Wildman–Crippen LogP) is 3.36. The third kappa shape index (κ3) is 4.54. The average molecular weight is 429 g/mol. The molecule has 0 fully saturated rings. The van der Waals surface area contributed by atoms with Gasteiger partial charge in [-0.05, 0) is 47.0 Å². The monoisotopic (exact) mass is 428 g/mol. The Morgan fingerprint density at radius 2 is 0.844 bits per heavy atom. The van der Waals surface area contributed by atoms with Crippen LogP contribution in [0.4, 0.5) is 45.5 Å². The van der Waals surface area contributed by atoms with Crippen LogP contribution < -0.4 is 45.9 Å². The quantitative estimate of drug-likeness (QED) is 0.221. The summed E-state index contributed by atoms with van der Waals surface area (Å²) in [7, 11) is 0. The van der Waals surface area contributed by atoms with Crippen LogP contribution in [0, 0.1) is 0 Å². The molecule has 0 saturated carbocycles. The van der Waals surface area contributed by atoms with Gasteiger partial charge in [0.2, 0.25) is 0 Å². The first kappa shape index (κ1) is 22.0. The lowest BCUT2D eigenvalue weighted by molar-refractivity contribution is 1.59. The van der Waals surface area contributed by atoms with Crippen LogP contribution in [0.5, 0.6) is 0 Å². The van der Waals surface area contributed by atoms with Crippen molar-refractivity contribution in [3.8, 4) is 22.3 Å². The molecule has 4 rings (SSSR count). The van der Waals surface area contributed by atoms with Gasteiger partial charge in [-0.15, -0.1) is 0 Å². The van der Waals surface area contributed by atoms with Crippen molar-refractivity contribution in [2.75, 3.05) is 45.9 Å². The van der Waals surface area contributed by atoms with E-state index in [1.165, 1.54) is 0 Å². The van der Waals surface area contributed by atoms with Crippen molar-refractivity contribution in [2.45, 2.75) is 0 Å². The summed E-state index contributed by atoms with van der Waals surface area (Å²) < 4.78 is 0. The van der Waals surface area contributed by atoms with Crippen molar-refractivity contribution in [1.82, 2.24) is 0 Å². The lowest BCUT2D eigenvalue weighted by Gasteiger charge is -2.13. The third-order valence-electron chi connectivity index (χ3n) is 5.07. The first-order valence-electron chi connectivity index (χ1n) is 9.77. The molecule has 4 aromatic rings. The molecule has 32 heavy (non-hydrogen) atoms. The standard InChI is InChI=1S/2C12H14N4/c13-9-3-1-7(5-11(9)15)8-2-4-10(14)12(16)6-8;13-9-6-8(7-4-2-1-3-5-7)10(14)12(16)11(9)15/h2*1-6H,13-16H2. The van der Waals surface area contributed by atoms with E-state index >= 15 is 0 Å². The molecule has 0 saturated heterocycles. The molecule has 0 spiro atoms. The first-order valence-corrected chi connectivity index (χ1v) is 9.77. The van der Waals surface area contributed by atoms with Crippen molar-refractivity contribution in [3.63, 3.8) is 0 Å². The molecule has 0 aliphatic carbocycles. The Morgan fingerprint density at radius 3 is 1.31 bits per heavy atom. The van der Waals surface area contributed by atoms with E-state index in [1.807, 2.05) is 54.6 Å². The van der Waals surface area contributed by atoms with Crippen LogP contribution in [0.2, 0.25) is 0 Å². The van der Waals surface area contributed by atoms with Gasteiger partial charge in [0.25, 0.3) is 0 Å². The minimum atomic E-state index is 0.345. The highest BCUT2D eigenvalue weighted by Gasteiger charge is 2.11. The SMILES string of the molecule is Nc1cc(-c2ccccc2)c(N)c(N)c1N.Nc1ccc(-c2ccc(N)c(N)c2)cc1N. The maximum atomic E-state index is 5.92. The molecular formula is C24H28N8.